The summed E-state index contributed by atoms with van der Waals surface area (Å²) >= 11 is 2.25. The Morgan fingerprint density at radius 1 is 1.40 bits per heavy atom. The second-order valence-electron chi connectivity index (χ2n) is 3.23. The van der Waals surface area contributed by atoms with E-state index in [1.165, 1.54) is 0 Å². The van der Waals surface area contributed by atoms with Gasteiger partial charge in [0, 0.05) is 27.2 Å². The van der Waals surface area contributed by atoms with Crippen LogP contribution in [0, 0.1) is 10.5 Å². The Kier molecular flexibility index (Phi) is 5.24. The molecule has 1 aromatic heterocycles. The van der Waals surface area contributed by atoms with E-state index < -0.39 is 0 Å². The van der Waals surface area contributed by atoms with Gasteiger partial charge in [0.1, 0.15) is 11.6 Å². The number of hydrogen-bond donors (Lipinski definition) is 1. The Labute approximate surface area is 104 Å². The van der Waals surface area contributed by atoms with Crippen LogP contribution >= 0.6 is 22.6 Å². The van der Waals surface area contributed by atoms with Crippen LogP contribution in [0.1, 0.15) is 17.9 Å². The van der Waals surface area contributed by atoms with E-state index in [0.29, 0.717) is 0 Å². The van der Waals surface area contributed by atoms with E-state index in [9.17, 15) is 0 Å². The topological polar surface area (TPSA) is 47.0 Å². The second kappa shape index (κ2) is 6.22. The minimum absolute atomic E-state index is 0.753. The summed E-state index contributed by atoms with van der Waals surface area (Å²) in [6.07, 6.45) is 1.82. The van der Waals surface area contributed by atoms with E-state index in [0.717, 1.165) is 40.4 Å². The monoisotopic (exact) mass is 321 g/mol. The molecule has 0 spiro atoms. The molecule has 1 aromatic rings. The van der Waals surface area contributed by atoms with Gasteiger partial charge in [-0.05, 0) is 35.9 Å². The third-order valence-corrected chi connectivity index (χ3v) is 3.34. The predicted molar refractivity (Wildman–Crippen MR) is 69.2 cm³/mol. The number of aryl methyl sites for hydroxylation is 2. The highest BCUT2D eigenvalue weighted by atomic mass is 127. The first-order valence-corrected chi connectivity index (χ1v) is 5.96. The van der Waals surface area contributed by atoms with Crippen molar-refractivity contribution in [1.82, 2.24) is 9.97 Å². The van der Waals surface area contributed by atoms with Gasteiger partial charge in [-0.25, -0.2) is 9.97 Å². The molecule has 0 aliphatic heterocycles. The fourth-order valence-electron chi connectivity index (χ4n) is 1.27. The van der Waals surface area contributed by atoms with Crippen LogP contribution in [0.5, 0.6) is 0 Å². The van der Waals surface area contributed by atoms with Crippen molar-refractivity contribution in [3.63, 3.8) is 0 Å². The van der Waals surface area contributed by atoms with Crippen LogP contribution in [-0.2, 0) is 11.2 Å². The molecule has 0 aromatic carbocycles. The maximum Gasteiger partial charge on any atom is 0.143 e. The molecule has 0 bridgehead atoms. The van der Waals surface area contributed by atoms with Crippen molar-refractivity contribution in [2.75, 3.05) is 26.1 Å². The fraction of sp³-hybridized carbons (Fsp3) is 0.600. The zero-order chi connectivity index (χ0) is 11.3. The molecule has 4 nitrogen and oxygen atoms in total. The SMILES string of the molecule is CNc1nc(CCCOC)nc(C)c1I. The molecule has 0 aliphatic rings. The zero-order valence-corrected chi connectivity index (χ0v) is 11.5. The number of hydrogen-bond acceptors (Lipinski definition) is 4. The smallest absolute Gasteiger partial charge is 0.143 e. The summed E-state index contributed by atoms with van der Waals surface area (Å²) in [5.74, 6) is 1.80. The lowest BCUT2D eigenvalue weighted by Crippen LogP contribution is -2.06. The third-order valence-electron chi connectivity index (χ3n) is 2.05. The van der Waals surface area contributed by atoms with Gasteiger partial charge in [-0.1, -0.05) is 0 Å². The molecular formula is C10H16IN3O. The number of methoxy groups -OCH3 is 1. The average Bonchev–Trinajstić information content (AvgIpc) is 2.23. The van der Waals surface area contributed by atoms with E-state index in [-0.39, 0.29) is 0 Å². The Hall–Kier alpha value is -0.430. The molecule has 1 rings (SSSR count). The van der Waals surface area contributed by atoms with Crippen LogP contribution in [0.15, 0.2) is 0 Å². The van der Waals surface area contributed by atoms with Gasteiger partial charge < -0.3 is 10.1 Å². The van der Waals surface area contributed by atoms with E-state index in [4.69, 9.17) is 4.74 Å². The predicted octanol–water partition coefficient (Wildman–Crippen LogP) is 2.01. The second-order valence-corrected chi connectivity index (χ2v) is 4.31. The molecular weight excluding hydrogens is 305 g/mol. The minimum Gasteiger partial charge on any atom is -0.385 e. The number of aromatic nitrogens is 2. The molecule has 0 amide bonds. The lowest BCUT2D eigenvalue weighted by Gasteiger charge is -2.08. The lowest BCUT2D eigenvalue weighted by atomic mass is 10.3. The van der Waals surface area contributed by atoms with Gasteiger partial charge in [0.05, 0.1) is 9.26 Å². The van der Waals surface area contributed by atoms with Crippen LogP contribution in [-0.4, -0.2) is 30.7 Å². The quantitative estimate of drug-likeness (QED) is 0.666. The molecule has 0 unspecified atom stereocenters. The largest absolute Gasteiger partial charge is 0.385 e. The van der Waals surface area contributed by atoms with Gasteiger partial charge in [0.25, 0.3) is 0 Å². The summed E-state index contributed by atoms with van der Waals surface area (Å²) in [5.41, 5.74) is 1.03. The van der Waals surface area contributed by atoms with Crippen molar-refractivity contribution in [3.8, 4) is 0 Å². The minimum atomic E-state index is 0.753. The van der Waals surface area contributed by atoms with Gasteiger partial charge in [-0.3, -0.25) is 0 Å². The first-order chi connectivity index (χ1) is 7.19. The summed E-state index contributed by atoms with van der Waals surface area (Å²) in [7, 11) is 3.59. The molecule has 15 heavy (non-hydrogen) atoms. The van der Waals surface area contributed by atoms with Crippen LogP contribution < -0.4 is 5.32 Å². The van der Waals surface area contributed by atoms with E-state index in [2.05, 4.69) is 37.9 Å². The van der Waals surface area contributed by atoms with Gasteiger partial charge in [-0.15, -0.1) is 0 Å². The van der Waals surface area contributed by atoms with Crippen molar-refractivity contribution in [1.29, 1.82) is 0 Å². The highest BCUT2D eigenvalue weighted by molar-refractivity contribution is 14.1. The fourth-order valence-corrected chi connectivity index (χ4v) is 1.78. The maximum absolute atomic E-state index is 5.00. The number of halogens is 1. The molecule has 84 valence electrons. The van der Waals surface area contributed by atoms with Crippen molar-refractivity contribution in [3.05, 3.63) is 15.1 Å². The molecule has 0 fully saturated rings. The van der Waals surface area contributed by atoms with Gasteiger partial charge >= 0.3 is 0 Å². The standard InChI is InChI=1S/C10H16IN3O/c1-7-9(11)10(12-2)14-8(13-7)5-4-6-15-3/h4-6H2,1-3H3,(H,12,13,14). The van der Waals surface area contributed by atoms with Gasteiger partial charge in [0.15, 0.2) is 0 Å². The molecule has 0 saturated carbocycles. The Bertz CT molecular complexity index is 331. The van der Waals surface area contributed by atoms with Gasteiger partial charge in [0.2, 0.25) is 0 Å². The summed E-state index contributed by atoms with van der Waals surface area (Å²) < 4.78 is 6.09. The first kappa shape index (κ1) is 12.6. The van der Waals surface area contributed by atoms with Crippen LogP contribution in [0.25, 0.3) is 0 Å². The van der Waals surface area contributed by atoms with Crippen molar-refractivity contribution >= 4 is 28.4 Å². The van der Waals surface area contributed by atoms with Crippen molar-refractivity contribution < 1.29 is 4.74 Å². The molecule has 0 atom stereocenters. The van der Waals surface area contributed by atoms with E-state index >= 15 is 0 Å². The summed E-state index contributed by atoms with van der Waals surface area (Å²) in [4.78, 5) is 8.88. The number of ether oxygens (including phenoxy) is 1. The molecule has 0 saturated heterocycles. The van der Waals surface area contributed by atoms with Crippen molar-refractivity contribution in [2.45, 2.75) is 19.8 Å². The Morgan fingerprint density at radius 2 is 2.13 bits per heavy atom. The van der Waals surface area contributed by atoms with E-state index in [1.54, 1.807) is 7.11 Å². The Morgan fingerprint density at radius 3 is 2.73 bits per heavy atom. The van der Waals surface area contributed by atoms with Crippen molar-refractivity contribution in [2.24, 2.45) is 0 Å². The zero-order valence-electron chi connectivity index (χ0n) is 9.30. The van der Waals surface area contributed by atoms with Gasteiger partial charge in [-0.2, -0.15) is 0 Å². The van der Waals surface area contributed by atoms with E-state index in [1.807, 2.05) is 14.0 Å². The highest BCUT2D eigenvalue weighted by Crippen LogP contribution is 2.18. The number of nitrogens with one attached hydrogen (secondary N) is 1. The van der Waals surface area contributed by atoms with Crippen LogP contribution in [0.2, 0.25) is 0 Å². The molecule has 1 heterocycles. The molecule has 0 radical (unpaired) electrons. The normalized spacial score (nSPS) is 10.4. The summed E-state index contributed by atoms with van der Waals surface area (Å²) in [5, 5.41) is 3.08. The summed E-state index contributed by atoms with van der Waals surface area (Å²) in [6.45, 7) is 2.76. The number of anilines is 1. The molecule has 1 N–H and O–H groups in total. The number of nitrogens with zero attached hydrogens (tertiary/aromatic N) is 2. The summed E-state index contributed by atoms with van der Waals surface area (Å²) in [6, 6.07) is 0. The highest BCUT2D eigenvalue weighted by Gasteiger charge is 2.07. The van der Waals surface area contributed by atoms with Crippen LogP contribution in [0.4, 0.5) is 5.82 Å². The average molecular weight is 321 g/mol. The maximum atomic E-state index is 5.00. The third kappa shape index (κ3) is 3.57. The molecule has 0 aliphatic carbocycles. The lowest BCUT2D eigenvalue weighted by molar-refractivity contribution is 0.194. The Balaban J connectivity index is 2.77. The van der Waals surface area contributed by atoms with Crippen LogP contribution in [0.3, 0.4) is 0 Å². The molecule has 5 heteroatoms. The number of rotatable bonds is 5. The first-order valence-electron chi connectivity index (χ1n) is 4.88.